The van der Waals surface area contributed by atoms with Crippen molar-refractivity contribution in [3.8, 4) is 22.6 Å². The van der Waals surface area contributed by atoms with Gasteiger partial charge in [0.2, 0.25) is 10.0 Å². The molecule has 0 unspecified atom stereocenters. The van der Waals surface area contributed by atoms with Crippen LogP contribution in [0, 0.1) is 0 Å². The van der Waals surface area contributed by atoms with Crippen molar-refractivity contribution in [2.45, 2.75) is 48.8 Å². The number of H-pyrrole nitrogens is 1. The first-order valence-corrected chi connectivity index (χ1v) is 13.1. The maximum atomic E-state index is 13.7. The maximum Gasteiger partial charge on any atom is 0.416 e. The van der Waals surface area contributed by atoms with E-state index in [4.69, 9.17) is 11.6 Å². The zero-order valence-electron chi connectivity index (χ0n) is 18.5. The van der Waals surface area contributed by atoms with Gasteiger partial charge in [0.05, 0.1) is 22.4 Å². The average Bonchev–Trinajstić information content (AvgIpc) is 3.55. The van der Waals surface area contributed by atoms with Crippen LogP contribution in [0.25, 0.3) is 22.6 Å². The molecule has 0 spiro atoms. The molecule has 5 rings (SSSR count). The fraction of sp³-hybridized carbons (Fsp3) is 0.375. The van der Waals surface area contributed by atoms with Gasteiger partial charge in [0, 0.05) is 30.4 Å². The number of imidazole rings is 1. The van der Waals surface area contributed by atoms with Crippen molar-refractivity contribution in [2.75, 3.05) is 13.1 Å². The summed E-state index contributed by atoms with van der Waals surface area (Å²) in [7, 11) is -3.90. The van der Waals surface area contributed by atoms with Gasteiger partial charge in [-0.15, -0.1) is 0 Å². The van der Waals surface area contributed by atoms with Crippen LogP contribution in [0.1, 0.15) is 42.7 Å². The standard InChI is InChI=1S/C24H23ClF3N3O3S/c25-20-6-4-16(12-22(20)35(33,34)31-9-7-17(32)8-10-31)23-29-13-21(30-23)15-3-5-18(14-1-2-14)19(11-15)24(26,27)28/h3-6,11-14,17,32H,1-2,7-10H2,(H,29,30). The van der Waals surface area contributed by atoms with E-state index in [1.807, 2.05) is 0 Å². The van der Waals surface area contributed by atoms with Crippen LogP contribution in [0.4, 0.5) is 13.2 Å². The molecule has 1 aliphatic heterocycles. The molecule has 2 fully saturated rings. The van der Waals surface area contributed by atoms with Gasteiger partial charge in [0.15, 0.2) is 0 Å². The number of benzene rings is 2. The summed E-state index contributed by atoms with van der Waals surface area (Å²) in [5.41, 5.74) is 0.736. The zero-order valence-corrected chi connectivity index (χ0v) is 20.1. The molecule has 2 aromatic carbocycles. The summed E-state index contributed by atoms with van der Waals surface area (Å²) in [6.45, 7) is 0.376. The summed E-state index contributed by atoms with van der Waals surface area (Å²) in [5, 5.41) is 9.74. The Hall–Kier alpha value is -2.40. The third kappa shape index (κ3) is 4.84. The van der Waals surface area contributed by atoms with Gasteiger partial charge in [-0.2, -0.15) is 17.5 Å². The van der Waals surface area contributed by atoms with E-state index in [1.165, 1.54) is 28.7 Å². The molecule has 186 valence electrons. The highest BCUT2D eigenvalue weighted by Crippen LogP contribution is 2.46. The predicted molar refractivity (Wildman–Crippen MR) is 125 cm³/mol. The van der Waals surface area contributed by atoms with E-state index >= 15 is 0 Å². The first kappa shape index (κ1) is 24.3. The lowest BCUT2D eigenvalue weighted by atomic mass is 9.99. The molecule has 1 aliphatic carbocycles. The van der Waals surface area contributed by atoms with E-state index in [1.54, 1.807) is 12.1 Å². The molecule has 6 nitrogen and oxygen atoms in total. The smallest absolute Gasteiger partial charge is 0.393 e. The lowest BCUT2D eigenvalue weighted by molar-refractivity contribution is -0.138. The van der Waals surface area contributed by atoms with E-state index in [-0.39, 0.29) is 28.9 Å². The number of rotatable bonds is 5. The van der Waals surface area contributed by atoms with Gasteiger partial charge < -0.3 is 10.1 Å². The molecule has 11 heteroatoms. The molecule has 2 heterocycles. The topological polar surface area (TPSA) is 86.3 Å². The molecular formula is C24H23ClF3N3O3S. The van der Waals surface area contributed by atoms with E-state index < -0.39 is 27.9 Å². The van der Waals surface area contributed by atoms with E-state index in [0.29, 0.717) is 41.1 Å². The number of alkyl halides is 3. The van der Waals surface area contributed by atoms with Crippen LogP contribution < -0.4 is 0 Å². The van der Waals surface area contributed by atoms with Gasteiger partial charge in [-0.1, -0.05) is 23.7 Å². The highest BCUT2D eigenvalue weighted by molar-refractivity contribution is 7.89. The number of nitrogens with zero attached hydrogens (tertiary/aromatic N) is 2. The van der Waals surface area contributed by atoms with Gasteiger partial charge in [0.25, 0.3) is 0 Å². The summed E-state index contributed by atoms with van der Waals surface area (Å²) in [6.07, 6.45) is -1.28. The van der Waals surface area contributed by atoms with Gasteiger partial charge in [0.1, 0.15) is 10.7 Å². The molecular weight excluding hydrogens is 503 g/mol. The summed E-state index contributed by atoms with van der Waals surface area (Å²) in [5.74, 6) is 0.259. The Morgan fingerprint density at radius 3 is 2.37 bits per heavy atom. The Morgan fingerprint density at radius 1 is 1.03 bits per heavy atom. The Morgan fingerprint density at radius 2 is 1.71 bits per heavy atom. The Bertz CT molecular complexity index is 1360. The normalized spacial score (nSPS) is 18.2. The number of aliphatic hydroxyl groups is 1. The summed E-state index contributed by atoms with van der Waals surface area (Å²) in [6, 6.07) is 8.73. The van der Waals surface area contributed by atoms with Crippen molar-refractivity contribution < 1.29 is 26.7 Å². The molecule has 0 radical (unpaired) electrons. The third-order valence-electron chi connectivity index (χ3n) is 6.50. The largest absolute Gasteiger partial charge is 0.416 e. The number of aromatic nitrogens is 2. The molecule has 35 heavy (non-hydrogen) atoms. The molecule has 2 N–H and O–H groups in total. The quantitative estimate of drug-likeness (QED) is 0.464. The van der Waals surface area contributed by atoms with Crippen molar-refractivity contribution in [3.05, 3.63) is 58.7 Å². The number of halogens is 4. The molecule has 0 bridgehead atoms. The minimum Gasteiger partial charge on any atom is -0.393 e. The van der Waals surface area contributed by atoms with E-state index in [2.05, 4.69) is 9.97 Å². The number of hydrogen-bond donors (Lipinski definition) is 2. The van der Waals surface area contributed by atoms with Crippen molar-refractivity contribution in [3.63, 3.8) is 0 Å². The van der Waals surface area contributed by atoms with Crippen molar-refractivity contribution in [1.29, 1.82) is 0 Å². The van der Waals surface area contributed by atoms with Gasteiger partial charge in [-0.05, 0) is 61.4 Å². The number of aliphatic hydroxyl groups excluding tert-OH is 1. The Kier molecular flexibility index (Phi) is 6.19. The minimum atomic E-state index is -4.46. The van der Waals surface area contributed by atoms with Gasteiger partial charge in [-0.3, -0.25) is 0 Å². The Balaban J connectivity index is 1.47. The monoisotopic (exact) mass is 525 g/mol. The van der Waals surface area contributed by atoms with Crippen LogP contribution >= 0.6 is 11.6 Å². The van der Waals surface area contributed by atoms with Crippen LogP contribution in [-0.2, 0) is 16.2 Å². The summed E-state index contributed by atoms with van der Waals surface area (Å²) >= 11 is 6.23. The second-order valence-electron chi connectivity index (χ2n) is 8.99. The number of piperidine rings is 1. The second kappa shape index (κ2) is 8.92. The Labute approximate surface area is 205 Å². The predicted octanol–water partition coefficient (Wildman–Crippen LogP) is 5.44. The van der Waals surface area contributed by atoms with Crippen LogP contribution in [0.2, 0.25) is 5.02 Å². The summed E-state index contributed by atoms with van der Waals surface area (Å²) in [4.78, 5) is 7.28. The van der Waals surface area contributed by atoms with Crippen LogP contribution in [0.5, 0.6) is 0 Å². The van der Waals surface area contributed by atoms with E-state index in [0.717, 1.165) is 18.9 Å². The molecule has 2 aliphatic rings. The van der Waals surface area contributed by atoms with Crippen LogP contribution in [-0.4, -0.2) is 47.0 Å². The fourth-order valence-electron chi connectivity index (χ4n) is 4.40. The second-order valence-corrected chi connectivity index (χ2v) is 11.3. The fourth-order valence-corrected chi connectivity index (χ4v) is 6.37. The minimum absolute atomic E-state index is 0.0481. The van der Waals surface area contributed by atoms with E-state index in [9.17, 15) is 26.7 Å². The number of aromatic amines is 1. The molecule has 0 amide bonds. The summed E-state index contributed by atoms with van der Waals surface area (Å²) < 4.78 is 68.6. The number of hydrogen-bond acceptors (Lipinski definition) is 4. The molecule has 3 aromatic rings. The molecule has 1 aromatic heterocycles. The highest BCUT2D eigenvalue weighted by atomic mass is 35.5. The molecule has 1 saturated heterocycles. The van der Waals surface area contributed by atoms with Crippen molar-refractivity contribution in [2.24, 2.45) is 0 Å². The van der Waals surface area contributed by atoms with Gasteiger partial charge >= 0.3 is 6.18 Å². The first-order valence-electron chi connectivity index (χ1n) is 11.3. The number of nitrogens with one attached hydrogen (secondary N) is 1. The average molecular weight is 526 g/mol. The molecule has 0 atom stereocenters. The zero-order chi connectivity index (χ0) is 25.0. The lowest BCUT2D eigenvalue weighted by Crippen LogP contribution is -2.40. The first-order chi connectivity index (χ1) is 16.5. The number of sulfonamides is 1. The van der Waals surface area contributed by atoms with Crippen LogP contribution in [0.15, 0.2) is 47.5 Å². The van der Waals surface area contributed by atoms with Crippen molar-refractivity contribution in [1.82, 2.24) is 14.3 Å². The highest BCUT2D eigenvalue weighted by Gasteiger charge is 2.38. The van der Waals surface area contributed by atoms with Gasteiger partial charge in [-0.25, -0.2) is 13.4 Å². The molecule has 1 saturated carbocycles. The SMILES string of the molecule is O=S(=O)(c1cc(-c2nc(-c3ccc(C4CC4)c(C(F)(F)F)c3)c[nH]2)ccc1Cl)N1CCC(O)CC1. The van der Waals surface area contributed by atoms with Crippen molar-refractivity contribution >= 4 is 21.6 Å². The lowest BCUT2D eigenvalue weighted by Gasteiger charge is -2.29. The maximum absolute atomic E-state index is 13.7. The third-order valence-corrected chi connectivity index (χ3v) is 8.88. The van der Waals surface area contributed by atoms with Crippen LogP contribution in [0.3, 0.4) is 0 Å².